The van der Waals surface area contributed by atoms with Crippen molar-refractivity contribution in [1.82, 2.24) is 5.32 Å². The number of amides is 1. The van der Waals surface area contributed by atoms with E-state index in [1.807, 2.05) is 24.4 Å². The lowest BCUT2D eigenvalue weighted by Gasteiger charge is -2.12. The van der Waals surface area contributed by atoms with Crippen LogP contribution in [0.3, 0.4) is 0 Å². The lowest BCUT2D eigenvalue weighted by atomic mass is 10.1. The van der Waals surface area contributed by atoms with E-state index in [-0.39, 0.29) is 28.9 Å². The number of rotatable bonds is 5. The van der Waals surface area contributed by atoms with Gasteiger partial charge in [0.15, 0.2) is 5.75 Å². The molecule has 0 saturated carbocycles. The van der Waals surface area contributed by atoms with Crippen molar-refractivity contribution < 1.29 is 14.5 Å². The number of hydrogen-bond acceptors (Lipinski definition) is 5. The second kappa shape index (κ2) is 6.36. The molecule has 6 nitrogen and oxygen atoms in total. The molecule has 2 rings (SSSR count). The number of nitrogens with zero attached hydrogens (tertiary/aromatic N) is 1. The molecule has 0 spiro atoms. The Hall–Kier alpha value is -2.41. The van der Waals surface area contributed by atoms with Gasteiger partial charge in [-0.3, -0.25) is 14.9 Å². The van der Waals surface area contributed by atoms with Crippen LogP contribution in [0, 0.1) is 10.1 Å². The van der Waals surface area contributed by atoms with E-state index in [4.69, 9.17) is 4.74 Å². The van der Waals surface area contributed by atoms with E-state index in [1.54, 1.807) is 0 Å². The fourth-order valence-corrected chi connectivity index (χ4v) is 2.60. The maximum atomic E-state index is 12.2. The van der Waals surface area contributed by atoms with E-state index >= 15 is 0 Å². The van der Waals surface area contributed by atoms with E-state index in [0.717, 1.165) is 4.88 Å². The molecule has 0 fully saturated rings. The number of benzene rings is 1. The number of nitrogens with one attached hydrogen (secondary N) is 1. The first-order valence-electron chi connectivity index (χ1n) is 6.19. The zero-order valence-corrected chi connectivity index (χ0v) is 12.3. The van der Waals surface area contributed by atoms with Gasteiger partial charge in [0.25, 0.3) is 5.91 Å². The summed E-state index contributed by atoms with van der Waals surface area (Å²) in [5, 5.41) is 15.7. The average Bonchev–Trinajstić information content (AvgIpc) is 3.00. The quantitative estimate of drug-likeness (QED) is 0.679. The first kappa shape index (κ1) is 15.0. The summed E-state index contributed by atoms with van der Waals surface area (Å²) in [6, 6.07) is 7.81. The fourth-order valence-electron chi connectivity index (χ4n) is 1.86. The van der Waals surface area contributed by atoms with Crippen molar-refractivity contribution >= 4 is 22.9 Å². The average molecular weight is 306 g/mol. The molecule has 2 aromatic rings. The van der Waals surface area contributed by atoms with Crippen LogP contribution in [0.25, 0.3) is 0 Å². The Morgan fingerprint density at radius 1 is 1.43 bits per heavy atom. The topological polar surface area (TPSA) is 81.5 Å². The Balaban J connectivity index is 2.19. The number of nitro groups is 1. The predicted molar refractivity (Wildman–Crippen MR) is 79.8 cm³/mol. The Morgan fingerprint density at radius 3 is 2.76 bits per heavy atom. The molecular weight excluding hydrogens is 292 g/mol. The fraction of sp³-hybridized carbons (Fsp3) is 0.214. The molecule has 1 amide bonds. The third-order valence-electron chi connectivity index (χ3n) is 2.96. The van der Waals surface area contributed by atoms with Gasteiger partial charge in [0.1, 0.15) is 0 Å². The molecule has 1 heterocycles. The highest BCUT2D eigenvalue weighted by atomic mass is 32.1. The van der Waals surface area contributed by atoms with Crippen LogP contribution in [0.15, 0.2) is 35.7 Å². The summed E-state index contributed by atoms with van der Waals surface area (Å²) in [4.78, 5) is 23.6. The van der Waals surface area contributed by atoms with E-state index in [1.165, 1.54) is 36.6 Å². The zero-order chi connectivity index (χ0) is 15.4. The number of thiophene rings is 1. The van der Waals surface area contributed by atoms with E-state index in [0.29, 0.717) is 0 Å². The van der Waals surface area contributed by atoms with Gasteiger partial charge in [-0.25, -0.2) is 0 Å². The van der Waals surface area contributed by atoms with Gasteiger partial charge in [-0.05, 0) is 30.5 Å². The monoisotopic (exact) mass is 306 g/mol. The molecule has 21 heavy (non-hydrogen) atoms. The van der Waals surface area contributed by atoms with E-state index in [2.05, 4.69) is 5.32 Å². The smallest absolute Gasteiger partial charge is 0.311 e. The third kappa shape index (κ3) is 3.38. The maximum absolute atomic E-state index is 12.2. The zero-order valence-electron chi connectivity index (χ0n) is 11.5. The van der Waals surface area contributed by atoms with Crippen LogP contribution in [0.2, 0.25) is 0 Å². The van der Waals surface area contributed by atoms with Crippen molar-refractivity contribution in [2.24, 2.45) is 0 Å². The third-order valence-corrected chi connectivity index (χ3v) is 4.01. The number of ether oxygens (including phenoxy) is 1. The summed E-state index contributed by atoms with van der Waals surface area (Å²) in [5.41, 5.74) is -0.000155. The van der Waals surface area contributed by atoms with Gasteiger partial charge in [0, 0.05) is 16.5 Å². The lowest BCUT2D eigenvalue weighted by Crippen LogP contribution is -2.26. The van der Waals surface area contributed by atoms with E-state index < -0.39 is 4.92 Å². The Kier molecular flexibility index (Phi) is 4.54. The molecule has 110 valence electrons. The highest BCUT2D eigenvalue weighted by Crippen LogP contribution is 2.28. The van der Waals surface area contributed by atoms with Gasteiger partial charge >= 0.3 is 5.69 Å². The molecule has 0 unspecified atom stereocenters. The SMILES string of the molecule is COc1ccc(C(=O)N[C@@H](C)c2cccs2)cc1[N+](=O)[O-]. The molecule has 1 aromatic carbocycles. The van der Waals surface area contributed by atoms with Crippen molar-refractivity contribution in [3.8, 4) is 5.75 Å². The Labute approximate surface area is 125 Å². The highest BCUT2D eigenvalue weighted by molar-refractivity contribution is 7.10. The molecule has 0 radical (unpaired) electrons. The van der Waals surface area contributed by atoms with Crippen molar-refractivity contribution in [3.05, 3.63) is 56.3 Å². The normalized spacial score (nSPS) is 11.7. The largest absolute Gasteiger partial charge is 0.490 e. The van der Waals surface area contributed by atoms with Gasteiger partial charge in [-0.2, -0.15) is 0 Å². The molecule has 0 bridgehead atoms. The lowest BCUT2D eigenvalue weighted by molar-refractivity contribution is -0.385. The molecule has 0 aliphatic rings. The highest BCUT2D eigenvalue weighted by Gasteiger charge is 2.19. The summed E-state index contributed by atoms with van der Waals surface area (Å²) in [7, 11) is 1.35. The van der Waals surface area contributed by atoms with Gasteiger partial charge in [-0.1, -0.05) is 6.07 Å². The number of carbonyl (C=O) groups excluding carboxylic acids is 1. The van der Waals surface area contributed by atoms with Crippen molar-refractivity contribution in [1.29, 1.82) is 0 Å². The Morgan fingerprint density at radius 2 is 2.19 bits per heavy atom. The first-order chi connectivity index (χ1) is 10.0. The number of carbonyl (C=O) groups is 1. The molecule has 1 N–H and O–H groups in total. The second-order valence-electron chi connectivity index (χ2n) is 4.35. The minimum Gasteiger partial charge on any atom is -0.490 e. The van der Waals surface area contributed by atoms with Gasteiger partial charge in [-0.15, -0.1) is 11.3 Å². The van der Waals surface area contributed by atoms with E-state index in [9.17, 15) is 14.9 Å². The summed E-state index contributed by atoms with van der Waals surface area (Å²) in [6.07, 6.45) is 0. The molecule has 0 aliphatic carbocycles. The van der Waals surface area contributed by atoms with Gasteiger partial charge in [0.2, 0.25) is 0 Å². The molecule has 1 aromatic heterocycles. The Bertz CT molecular complexity index is 655. The molecule has 1 atom stereocenters. The van der Waals surface area contributed by atoms with Crippen molar-refractivity contribution in [2.75, 3.05) is 7.11 Å². The molecule has 7 heteroatoms. The maximum Gasteiger partial charge on any atom is 0.311 e. The summed E-state index contributed by atoms with van der Waals surface area (Å²) >= 11 is 1.54. The summed E-state index contributed by atoms with van der Waals surface area (Å²) in [5.74, 6) is -0.232. The standard InChI is InChI=1S/C14H14N2O4S/c1-9(13-4-3-7-21-13)15-14(17)10-5-6-12(20-2)11(8-10)16(18)19/h3-9H,1-2H3,(H,15,17)/t9-/m0/s1. The minimum absolute atomic E-state index is 0.128. The predicted octanol–water partition coefficient (Wildman–Crippen LogP) is 3.16. The number of nitro benzene ring substituents is 1. The number of hydrogen-bond donors (Lipinski definition) is 1. The van der Waals surface area contributed by atoms with Gasteiger partial charge < -0.3 is 10.1 Å². The van der Waals surface area contributed by atoms with Crippen LogP contribution in [0.1, 0.15) is 28.2 Å². The van der Waals surface area contributed by atoms with Crippen LogP contribution in [0.4, 0.5) is 5.69 Å². The van der Waals surface area contributed by atoms with Crippen molar-refractivity contribution in [3.63, 3.8) is 0 Å². The van der Waals surface area contributed by atoms with Crippen molar-refractivity contribution in [2.45, 2.75) is 13.0 Å². The minimum atomic E-state index is -0.571. The molecule has 0 saturated heterocycles. The summed E-state index contributed by atoms with van der Waals surface area (Å²) in [6.45, 7) is 1.86. The summed E-state index contributed by atoms with van der Waals surface area (Å²) < 4.78 is 4.91. The van der Waals surface area contributed by atoms with Crippen LogP contribution in [-0.2, 0) is 0 Å². The van der Waals surface area contributed by atoms with Crippen LogP contribution in [-0.4, -0.2) is 17.9 Å². The molecule has 0 aliphatic heterocycles. The van der Waals surface area contributed by atoms with Crippen LogP contribution in [0.5, 0.6) is 5.75 Å². The molecular formula is C14H14N2O4S. The first-order valence-corrected chi connectivity index (χ1v) is 7.07. The van der Waals surface area contributed by atoms with Crippen LogP contribution >= 0.6 is 11.3 Å². The van der Waals surface area contributed by atoms with Gasteiger partial charge in [0.05, 0.1) is 18.1 Å². The second-order valence-corrected chi connectivity index (χ2v) is 5.33. The number of methoxy groups -OCH3 is 1. The van der Waals surface area contributed by atoms with Crippen LogP contribution < -0.4 is 10.1 Å².